The number of nitrogens with zero attached hydrogens (tertiary/aromatic N) is 2. The highest BCUT2D eigenvalue weighted by Gasteiger charge is 2.35. The molecule has 2 aliphatic carbocycles. The van der Waals surface area contributed by atoms with Crippen molar-refractivity contribution < 1.29 is 0 Å². The zero-order chi connectivity index (χ0) is 39.6. The molecular weight excluding hydrogens is 709 g/mol. The summed E-state index contributed by atoms with van der Waals surface area (Å²) in [6, 6.07) is 46.0. The monoisotopic (exact) mass is 762 g/mol. The smallest absolute Gasteiger partial charge is 0.111 e. The van der Waals surface area contributed by atoms with Crippen molar-refractivity contribution in [2.24, 2.45) is 0 Å². The Morgan fingerprint density at radius 2 is 1.19 bits per heavy atom. The van der Waals surface area contributed by atoms with Crippen molar-refractivity contribution in [3.63, 3.8) is 0 Å². The number of nitrogens with one attached hydrogen (secondary N) is 4. The lowest BCUT2D eigenvalue weighted by Crippen LogP contribution is -2.60. The number of para-hydroxylation sites is 2. The van der Waals surface area contributed by atoms with Crippen LogP contribution in [0.3, 0.4) is 0 Å². The molecule has 11 rings (SSSR count). The average molecular weight is 763 g/mol. The molecule has 1 fully saturated rings. The van der Waals surface area contributed by atoms with Gasteiger partial charge in [0.05, 0.1) is 35.4 Å². The van der Waals surface area contributed by atoms with Gasteiger partial charge in [-0.05, 0) is 106 Å². The van der Waals surface area contributed by atoms with E-state index in [1.807, 2.05) is 27.7 Å². The average Bonchev–Trinajstić information content (AvgIpc) is 3.84. The summed E-state index contributed by atoms with van der Waals surface area (Å²) in [6.45, 7) is 8.72. The van der Waals surface area contributed by atoms with Crippen LogP contribution in [0.25, 0.3) is 50.6 Å². The number of dihydropyridines is 1. The normalized spacial score (nSPS) is 19.3. The Morgan fingerprint density at radius 1 is 0.534 bits per heavy atom. The van der Waals surface area contributed by atoms with Crippen LogP contribution in [0.15, 0.2) is 151 Å². The molecule has 292 valence electrons. The van der Waals surface area contributed by atoms with E-state index in [9.17, 15) is 0 Å². The maximum absolute atomic E-state index is 3.93. The lowest BCUT2D eigenvalue weighted by molar-refractivity contribution is 0.220. The van der Waals surface area contributed by atoms with Crippen LogP contribution in [0.1, 0.15) is 80.0 Å². The fraction of sp³-hybridized carbons (Fsp3) is 0.231. The van der Waals surface area contributed by atoms with Gasteiger partial charge < -0.3 is 9.88 Å². The van der Waals surface area contributed by atoms with E-state index in [0.717, 1.165) is 38.0 Å². The number of rotatable bonds is 5. The molecule has 4 heterocycles. The van der Waals surface area contributed by atoms with Gasteiger partial charge in [0.25, 0.3) is 0 Å². The Morgan fingerprint density at radius 3 is 1.97 bits per heavy atom. The summed E-state index contributed by atoms with van der Waals surface area (Å²) in [5, 5.41) is 19.4. The first-order valence-corrected chi connectivity index (χ1v) is 21.4. The zero-order valence-corrected chi connectivity index (χ0v) is 34.1. The summed E-state index contributed by atoms with van der Waals surface area (Å²) < 4.78 is 5.05. The summed E-state index contributed by atoms with van der Waals surface area (Å²) in [5.74, 6) is 1.11. The summed E-state index contributed by atoms with van der Waals surface area (Å²) in [6.07, 6.45) is 13.5. The van der Waals surface area contributed by atoms with Gasteiger partial charge in [0.2, 0.25) is 0 Å². The molecule has 6 nitrogen and oxygen atoms in total. The molecule has 7 aromatic rings. The van der Waals surface area contributed by atoms with Crippen LogP contribution in [0.5, 0.6) is 0 Å². The van der Waals surface area contributed by atoms with Crippen LogP contribution in [0, 0.1) is 0 Å². The number of hydrogen-bond donors (Lipinski definition) is 4. The molecule has 5 aromatic carbocycles. The Hall–Kier alpha value is -5.92. The third-order valence-electron chi connectivity index (χ3n) is 11.9. The largest absolute Gasteiger partial charge is 0.367 e. The van der Waals surface area contributed by atoms with Crippen molar-refractivity contribution in [2.75, 3.05) is 6.54 Å². The van der Waals surface area contributed by atoms with Gasteiger partial charge in [0.15, 0.2) is 0 Å². The fourth-order valence-corrected chi connectivity index (χ4v) is 9.36. The van der Waals surface area contributed by atoms with Gasteiger partial charge in [0.1, 0.15) is 5.82 Å². The molecule has 0 bridgehead atoms. The van der Waals surface area contributed by atoms with E-state index >= 15 is 0 Å². The second kappa shape index (κ2) is 16.5. The number of aryl methyl sites for hydroxylation is 1. The number of hydrogen-bond acceptors (Lipinski definition) is 4. The first-order valence-electron chi connectivity index (χ1n) is 21.4. The van der Waals surface area contributed by atoms with Crippen molar-refractivity contribution in [1.82, 2.24) is 30.4 Å². The van der Waals surface area contributed by atoms with E-state index in [1.54, 1.807) is 0 Å². The third kappa shape index (κ3) is 6.61. The first kappa shape index (κ1) is 37.6. The second-order valence-electron chi connectivity index (χ2n) is 14.9. The summed E-state index contributed by atoms with van der Waals surface area (Å²) in [5.41, 5.74) is 14.7. The number of allylic oxidation sites excluding steroid dienone is 3. The van der Waals surface area contributed by atoms with Gasteiger partial charge >= 0.3 is 0 Å². The van der Waals surface area contributed by atoms with Crippen molar-refractivity contribution in [3.8, 4) is 17.1 Å². The SMILES string of the molecule is C1=Cc2c(c3c(n2-c2ccccc2)-c2c(c4ccccc4n2C2=CC=C(C4NC(c5ccccc5)NC(c5ccc6ccccc6c5)N4)CN2)CC3)CC1.CC.CC. The Bertz CT molecular complexity index is 2660. The van der Waals surface area contributed by atoms with E-state index in [1.165, 1.54) is 77.8 Å². The van der Waals surface area contributed by atoms with E-state index < -0.39 is 0 Å². The van der Waals surface area contributed by atoms with Gasteiger partial charge in [-0.3, -0.25) is 20.5 Å². The van der Waals surface area contributed by atoms with Gasteiger partial charge in [0, 0.05) is 23.3 Å². The van der Waals surface area contributed by atoms with Crippen LogP contribution < -0.4 is 21.3 Å². The number of benzene rings is 5. The van der Waals surface area contributed by atoms with Crippen LogP contribution in [0.4, 0.5) is 0 Å². The van der Waals surface area contributed by atoms with Crippen molar-refractivity contribution in [1.29, 1.82) is 0 Å². The van der Waals surface area contributed by atoms with Gasteiger partial charge in [-0.2, -0.15) is 0 Å². The maximum atomic E-state index is 3.93. The highest BCUT2D eigenvalue weighted by molar-refractivity contribution is 5.97. The van der Waals surface area contributed by atoms with Crippen molar-refractivity contribution >= 4 is 33.6 Å². The molecule has 2 aliphatic heterocycles. The topological polar surface area (TPSA) is 58.0 Å². The van der Waals surface area contributed by atoms with E-state index in [4.69, 9.17) is 0 Å². The predicted molar refractivity (Wildman–Crippen MR) is 244 cm³/mol. The highest BCUT2D eigenvalue weighted by atomic mass is 15.4. The molecule has 0 spiro atoms. The third-order valence-corrected chi connectivity index (χ3v) is 11.9. The van der Waals surface area contributed by atoms with E-state index in [-0.39, 0.29) is 18.5 Å². The molecular formula is C52H54N6. The maximum Gasteiger partial charge on any atom is 0.111 e. The quantitative estimate of drug-likeness (QED) is 0.141. The Labute approximate surface area is 343 Å². The lowest BCUT2D eigenvalue weighted by Gasteiger charge is -2.41. The second-order valence-corrected chi connectivity index (χ2v) is 14.9. The van der Waals surface area contributed by atoms with Gasteiger partial charge in [-0.15, -0.1) is 0 Å². The molecule has 58 heavy (non-hydrogen) atoms. The molecule has 0 amide bonds. The molecule has 4 aliphatic rings. The Kier molecular flexibility index (Phi) is 10.7. The van der Waals surface area contributed by atoms with Crippen LogP contribution >= 0.6 is 0 Å². The van der Waals surface area contributed by atoms with Crippen molar-refractivity contribution in [2.45, 2.75) is 71.9 Å². The fourth-order valence-electron chi connectivity index (χ4n) is 9.36. The predicted octanol–water partition coefficient (Wildman–Crippen LogP) is 11.2. The first-order chi connectivity index (χ1) is 28.8. The van der Waals surface area contributed by atoms with Crippen LogP contribution in [-0.2, 0) is 19.3 Å². The van der Waals surface area contributed by atoms with Crippen LogP contribution in [0.2, 0.25) is 0 Å². The van der Waals surface area contributed by atoms with E-state index in [2.05, 4.69) is 182 Å². The zero-order valence-electron chi connectivity index (χ0n) is 34.1. The minimum absolute atomic E-state index is 0.0233. The molecule has 1 saturated heterocycles. The van der Waals surface area contributed by atoms with Crippen LogP contribution in [-0.4, -0.2) is 21.8 Å². The molecule has 0 radical (unpaired) electrons. The molecule has 3 unspecified atom stereocenters. The molecule has 6 heteroatoms. The van der Waals surface area contributed by atoms with E-state index in [0.29, 0.717) is 0 Å². The highest BCUT2D eigenvalue weighted by Crippen LogP contribution is 2.47. The molecule has 2 aromatic heterocycles. The molecule has 4 N–H and O–H groups in total. The number of aromatic nitrogens is 2. The standard InChI is InChI=1S/C48H42N6.2C2H6/c1-3-14-32(15-4-1)46-50-47(34-24-23-31-13-7-8-16-33(31)29-34)52-48(51-46)35-25-28-43(49-30-35)54-42-22-12-10-20-38(42)40-27-26-39-37-19-9-11-21-41(37)53(44(39)45(40)54)36-17-5-2-6-18-36;2*1-2/h1-8,10-18,20-25,28-29,46-52H,9,19,26-27,30H2;2*1-2H3. The van der Waals surface area contributed by atoms with Crippen molar-refractivity contribution in [3.05, 3.63) is 185 Å². The summed E-state index contributed by atoms with van der Waals surface area (Å²) >= 11 is 0. The molecule has 0 saturated carbocycles. The van der Waals surface area contributed by atoms with Gasteiger partial charge in [-0.25, -0.2) is 0 Å². The minimum atomic E-state index is -0.0472. The summed E-state index contributed by atoms with van der Waals surface area (Å²) in [7, 11) is 0. The Balaban J connectivity index is 0.00000106. The van der Waals surface area contributed by atoms with Gasteiger partial charge in [-0.1, -0.05) is 143 Å². The lowest BCUT2D eigenvalue weighted by atomic mass is 9.89. The molecule has 3 atom stereocenters. The minimum Gasteiger partial charge on any atom is -0.367 e. The number of fused-ring (bicyclic) bond motifs is 8. The summed E-state index contributed by atoms with van der Waals surface area (Å²) in [4.78, 5) is 0.